The van der Waals surface area contributed by atoms with Crippen LogP contribution in [0.1, 0.15) is 49.2 Å². The first-order valence-corrected chi connectivity index (χ1v) is 11.7. The van der Waals surface area contributed by atoms with Crippen molar-refractivity contribution in [3.05, 3.63) is 59.2 Å². The molecule has 0 spiro atoms. The number of hydrogen-bond acceptors (Lipinski definition) is 7. The summed E-state index contributed by atoms with van der Waals surface area (Å²) in [6, 6.07) is 11.1. The summed E-state index contributed by atoms with van der Waals surface area (Å²) >= 11 is 0. The Morgan fingerprint density at radius 3 is 2.30 bits per heavy atom. The van der Waals surface area contributed by atoms with Crippen molar-refractivity contribution in [3.63, 3.8) is 0 Å². The number of carbonyl (C=O) groups is 3. The molecule has 0 saturated carbocycles. The van der Waals surface area contributed by atoms with Gasteiger partial charge in [-0.2, -0.15) is 0 Å². The van der Waals surface area contributed by atoms with Crippen LogP contribution in [-0.2, 0) is 29.7 Å². The average Bonchev–Trinajstić information content (AvgIpc) is 2.71. The lowest BCUT2D eigenvalue weighted by atomic mass is 9.87. The molecule has 0 bridgehead atoms. The quantitative estimate of drug-likeness (QED) is 0.585. The van der Waals surface area contributed by atoms with E-state index in [1.54, 1.807) is 32.0 Å². The number of para-hydroxylation sites is 1. The summed E-state index contributed by atoms with van der Waals surface area (Å²) in [7, 11) is -4.03. The largest absolute Gasteiger partial charge is 0.452 e. The Morgan fingerprint density at radius 1 is 1.00 bits per heavy atom. The maximum absolute atomic E-state index is 13.1. The van der Waals surface area contributed by atoms with Crippen molar-refractivity contribution < 1.29 is 32.3 Å². The Morgan fingerprint density at radius 2 is 1.67 bits per heavy atom. The SMILES string of the molecule is CCOC(=O)NC(=O)COC(=O)c1ccccc1NS(=O)(=O)c1cc(C(C)(C)C)ccc1C. The standard InChI is InChI=1S/C23H28N2O7S/c1-6-31-22(28)24-20(26)14-32-21(27)17-9-7-8-10-18(17)25-33(29,30)19-13-16(23(3,4)5)12-11-15(19)2/h7-13,25H,6,14H2,1-5H3,(H,24,26,28). The van der Waals surface area contributed by atoms with E-state index in [1.165, 1.54) is 18.2 Å². The Hall–Kier alpha value is -3.40. The van der Waals surface area contributed by atoms with Crippen LogP contribution in [0.5, 0.6) is 0 Å². The molecule has 0 aliphatic rings. The Balaban J connectivity index is 2.23. The molecule has 0 aliphatic heterocycles. The summed E-state index contributed by atoms with van der Waals surface area (Å²) in [5.74, 6) is -1.82. The van der Waals surface area contributed by atoms with Gasteiger partial charge >= 0.3 is 12.1 Å². The van der Waals surface area contributed by atoms with Crippen molar-refractivity contribution in [2.24, 2.45) is 0 Å². The van der Waals surface area contributed by atoms with Crippen molar-refractivity contribution in [1.29, 1.82) is 0 Å². The van der Waals surface area contributed by atoms with E-state index >= 15 is 0 Å². The third kappa shape index (κ3) is 7.04. The molecule has 9 nitrogen and oxygen atoms in total. The highest BCUT2D eigenvalue weighted by atomic mass is 32.2. The first-order chi connectivity index (χ1) is 15.3. The van der Waals surface area contributed by atoms with Gasteiger partial charge in [0, 0.05) is 0 Å². The lowest BCUT2D eigenvalue weighted by Crippen LogP contribution is -2.34. The summed E-state index contributed by atoms with van der Waals surface area (Å²) in [5.41, 5.74) is 1.03. The lowest BCUT2D eigenvalue weighted by Gasteiger charge is -2.21. The average molecular weight is 477 g/mol. The summed E-state index contributed by atoms with van der Waals surface area (Å²) in [5, 5.41) is 1.90. The number of anilines is 1. The maximum Gasteiger partial charge on any atom is 0.413 e. The van der Waals surface area contributed by atoms with Crippen molar-refractivity contribution in [3.8, 4) is 0 Å². The molecule has 0 atom stereocenters. The predicted molar refractivity (Wildman–Crippen MR) is 123 cm³/mol. The maximum atomic E-state index is 13.1. The normalized spacial score (nSPS) is 11.4. The fourth-order valence-electron chi connectivity index (χ4n) is 2.83. The molecule has 2 N–H and O–H groups in total. The molecule has 0 fully saturated rings. The van der Waals surface area contributed by atoms with E-state index < -0.39 is 34.6 Å². The van der Waals surface area contributed by atoms with Crippen LogP contribution in [-0.4, -0.2) is 39.6 Å². The third-order valence-corrected chi connectivity index (χ3v) is 6.09. The second kappa shape index (κ2) is 10.5. The van der Waals surface area contributed by atoms with E-state index in [0.29, 0.717) is 5.56 Å². The number of esters is 1. The molecular weight excluding hydrogens is 448 g/mol. The van der Waals surface area contributed by atoms with Crippen molar-refractivity contribution in [2.75, 3.05) is 17.9 Å². The minimum atomic E-state index is -4.03. The topological polar surface area (TPSA) is 128 Å². The molecule has 10 heteroatoms. The number of ether oxygens (including phenoxy) is 2. The molecule has 0 radical (unpaired) electrons. The van der Waals surface area contributed by atoms with Crippen molar-refractivity contribution in [1.82, 2.24) is 5.32 Å². The van der Waals surface area contributed by atoms with Crippen LogP contribution in [0.2, 0.25) is 0 Å². The van der Waals surface area contributed by atoms with Gasteiger partial charge in [-0.3, -0.25) is 14.8 Å². The van der Waals surface area contributed by atoms with Crippen LogP contribution in [0.25, 0.3) is 0 Å². The number of benzene rings is 2. The van der Waals surface area contributed by atoms with Gasteiger partial charge in [0.1, 0.15) is 0 Å². The first-order valence-electron chi connectivity index (χ1n) is 10.2. The molecule has 33 heavy (non-hydrogen) atoms. The third-order valence-electron chi connectivity index (χ3n) is 4.59. The highest BCUT2D eigenvalue weighted by molar-refractivity contribution is 7.92. The minimum Gasteiger partial charge on any atom is -0.452 e. The second-order valence-electron chi connectivity index (χ2n) is 8.23. The van der Waals surface area contributed by atoms with Gasteiger partial charge in [-0.1, -0.05) is 45.0 Å². The minimum absolute atomic E-state index is 0.00568. The smallest absolute Gasteiger partial charge is 0.413 e. The lowest BCUT2D eigenvalue weighted by molar-refractivity contribution is -0.123. The molecule has 0 aliphatic carbocycles. The highest BCUT2D eigenvalue weighted by Crippen LogP contribution is 2.28. The number of hydrogen-bond donors (Lipinski definition) is 2. The molecule has 2 rings (SSSR count). The summed E-state index contributed by atoms with van der Waals surface area (Å²) in [6.45, 7) is 8.52. The second-order valence-corrected chi connectivity index (χ2v) is 9.88. The molecule has 2 amide bonds. The molecule has 178 valence electrons. The number of carbonyl (C=O) groups excluding carboxylic acids is 3. The van der Waals surface area contributed by atoms with E-state index in [-0.39, 0.29) is 28.2 Å². The van der Waals surface area contributed by atoms with E-state index in [2.05, 4.69) is 9.46 Å². The van der Waals surface area contributed by atoms with E-state index in [4.69, 9.17) is 4.74 Å². The van der Waals surface area contributed by atoms with Crippen molar-refractivity contribution >= 4 is 33.7 Å². The number of amides is 2. The molecule has 2 aromatic rings. The zero-order chi connectivity index (χ0) is 24.8. The van der Waals surface area contributed by atoms with Crippen LogP contribution < -0.4 is 10.0 Å². The Kier molecular flexibility index (Phi) is 8.21. The molecule has 0 aromatic heterocycles. The summed E-state index contributed by atoms with van der Waals surface area (Å²) in [4.78, 5) is 35.6. The highest BCUT2D eigenvalue weighted by Gasteiger charge is 2.24. The Labute approximate surface area is 193 Å². The van der Waals surface area contributed by atoms with Gasteiger partial charge in [0.05, 0.1) is 22.8 Å². The number of rotatable bonds is 7. The van der Waals surface area contributed by atoms with Crippen LogP contribution in [0.15, 0.2) is 47.4 Å². The van der Waals surface area contributed by atoms with Gasteiger partial charge < -0.3 is 9.47 Å². The first kappa shape index (κ1) is 25.9. The monoisotopic (exact) mass is 476 g/mol. The fourth-order valence-corrected chi connectivity index (χ4v) is 4.18. The van der Waals surface area contributed by atoms with Crippen LogP contribution >= 0.6 is 0 Å². The summed E-state index contributed by atoms with van der Waals surface area (Å²) in [6.07, 6.45) is -0.959. The fraction of sp³-hybridized carbons (Fsp3) is 0.348. The summed E-state index contributed by atoms with van der Waals surface area (Å²) < 4.78 is 38.2. The molecule has 0 heterocycles. The number of alkyl carbamates (subject to hydrolysis) is 1. The Bertz CT molecular complexity index is 1150. The zero-order valence-electron chi connectivity index (χ0n) is 19.2. The number of aryl methyl sites for hydroxylation is 1. The van der Waals surface area contributed by atoms with Crippen LogP contribution in [0.4, 0.5) is 10.5 Å². The van der Waals surface area contributed by atoms with Gasteiger partial charge in [-0.05, 0) is 48.6 Å². The van der Waals surface area contributed by atoms with Crippen LogP contribution in [0.3, 0.4) is 0 Å². The predicted octanol–water partition coefficient (Wildman–Crippen LogP) is 3.52. The molecular formula is C23H28N2O7S. The number of nitrogens with one attached hydrogen (secondary N) is 2. The van der Waals surface area contributed by atoms with Gasteiger partial charge in [-0.15, -0.1) is 0 Å². The number of sulfonamides is 1. The van der Waals surface area contributed by atoms with Crippen molar-refractivity contribution in [2.45, 2.75) is 44.9 Å². The van der Waals surface area contributed by atoms with Gasteiger partial charge in [0.2, 0.25) is 0 Å². The zero-order valence-corrected chi connectivity index (χ0v) is 20.0. The van der Waals surface area contributed by atoms with Gasteiger partial charge in [0.25, 0.3) is 15.9 Å². The van der Waals surface area contributed by atoms with Gasteiger partial charge in [0.15, 0.2) is 6.61 Å². The van der Waals surface area contributed by atoms with E-state index in [1.807, 2.05) is 32.2 Å². The molecule has 2 aromatic carbocycles. The van der Waals surface area contributed by atoms with E-state index in [0.717, 1.165) is 5.56 Å². The molecule has 0 saturated heterocycles. The molecule has 0 unspecified atom stereocenters. The van der Waals surface area contributed by atoms with E-state index in [9.17, 15) is 22.8 Å². The number of imide groups is 1. The van der Waals surface area contributed by atoms with Crippen LogP contribution in [0, 0.1) is 6.92 Å². The van der Waals surface area contributed by atoms with Gasteiger partial charge in [-0.25, -0.2) is 18.0 Å².